The fourth-order valence-corrected chi connectivity index (χ4v) is 3.36. The van der Waals surface area contributed by atoms with Crippen molar-refractivity contribution in [3.05, 3.63) is 53.1 Å². The summed E-state index contributed by atoms with van der Waals surface area (Å²) in [4.78, 5) is 1.70. The first-order valence-corrected chi connectivity index (χ1v) is 7.96. The van der Waals surface area contributed by atoms with E-state index >= 15 is 0 Å². The van der Waals surface area contributed by atoms with E-state index in [1.165, 1.54) is 0 Å². The van der Waals surface area contributed by atoms with Crippen LogP contribution in [0.25, 0.3) is 0 Å². The summed E-state index contributed by atoms with van der Waals surface area (Å²) in [6.07, 6.45) is 1.56. The molecule has 2 aromatic carbocycles. The molecule has 0 aromatic heterocycles. The second-order valence-corrected chi connectivity index (χ2v) is 5.86. The van der Waals surface area contributed by atoms with Crippen molar-refractivity contribution in [3.63, 3.8) is 0 Å². The number of methoxy groups -OCH3 is 2. The Balaban J connectivity index is 2.04. The van der Waals surface area contributed by atoms with Crippen LogP contribution in [0.4, 0.5) is 14.5 Å². The Morgan fingerprint density at radius 1 is 1.12 bits per heavy atom. The van der Waals surface area contributed by atoms with E-state index in [2.05, 4.69) is 0 Å². The van der Waals surface area contributed by atoms with Crippen molar-refractivity contribution >= 4 is 5.69 Å². The maximum Gasteiger partial charge on any atom is 0.150 e. The quantitative estimate of drug-likeness (QED) is 0.834. The van der Waals surface area contributed by atoms with Gasteiger partial charge in [0.15, 0.2) is 11.6 Å². The van der Waals surface area contributed by atoms with Crippen LogP contribution in [0.5, 0.6) is 11.5 Å². The van der Waals surface area contributed by atoms with E-state index in [1.54, 1.807) is 37.3 Å². The molecular weight excluding hydrogens is 326 g/mol. The summed E-state index contributed by atoms with van der Waals surface area (Å²) in [6, 6.07) is 9.12. The molecule has 0 aliphatic carbocycles. The Hall–Kier alpha value is -2.81. The molecule has 0 spiro atoms. The molecule has 0 radical (unpaired) electrons. The van der Waals surface area contributed by atoms with Crippen molar-refractivity contribution in [2.24, 2.45) is 0 Å². The molecule has 2 aromatic rings. The topological polar surface area (TPSA) is 45.5 Å². The highest BCUT2D eigenvalue weighted by molar-refractivity contribution is 5.57. The van der Waals surface area contributed by atoms with Gasteiger partial charge in [-0.25, -0.2) is 8.78 Å². The lowest BCUT2D eigenvalue weighted by Crippen LogP contribution is -2.25. The van der Waals surface area contributed by atoms with Gasteiger partial charge in [-0.2, -0.15) is 5.26 Å². The van der Waals surface area contributed by atoms with Gasteiger partial charge >= 0.3 is 0 Å². The molecule has 0 saturated carbocycles. The zero-order chi connectivity index (χ0) is 18.0. The van der Waals surface area contributed by atoms with E-state index in [0.29, 0.717) is 18.0 Å². The lowest BCUT2D eigenvalue weighted by Gasteiger charge is -2.29. The molecule has 4 nitrogen and oxygen atoms in total. The summed E-state index contributed by atoms with van der Waals surface area (Å²) in [6.45, 7) is 0.527. The van der Waals surface area contributed by atoms with Crippen LogP contribution in [0.15, 0.2) is 30.3 Å². The molecule has 1 unspecified atom stereocenters. The molecule has 1 aliphatic heterocycles. The molecule has 1 saturated heterocycles. The van der Waals surface area contributed by atoms with Crippen LogP contribution in [-0.4, -0.2) is 20.8 Å². The first-order chi connectivity index (χ1) is 12.1. The van der Waals surface area contributed by atoms with E-state index in [-0.39, 0.29) is 17.3 Å². The average Bonchev–Trinajstić information content (AvgIpc) is 3.09. The van der Waals surface area contributed by atoms with Gasteiger partial charge in [0.2, 0.25) is 0 Å². The summed E-state index contributed by atoms with van der Waals surface area (Å²) < 4.78 is 39.6. The minimum atomic E-state index is -0.726. The van der Waals surface area contributed by atoms with E-state index in [1.807, 2.05) is 6.07 Å². The summed E-state index contributed by atoms with van der Waals surface area (Å²) in [5.41, 5.74) is 0.722. The molecule has 0 bridgehead atoms. The fraction of sp³-hybridized carbons (Fsp3) is 0.316. The van der Waals surface area contributed by atoms with Crippen molar-refractivity contribution in [2.45, 2.75) is 18.9 Å². The molecule has 3 rings (SSSR count). The highest BCUT2D eigenvalue weighted by Gasteiger charge is 2.32. The van der Waals surface area contributed by atoms with Crippen LogP contribution in [0.1, 0.15) is 30.0 Å². The number of halogens is 2. The lowest BCUT2D eigenvalue weighted by molar-refractivity contribution is 0.388. The summed E-state index contributed by atoms with van der Waals surface area (Å²) in [5, 5.41) is 8.87. The van der Waals surface area contributed by atoms with Crippen LogP contribution in [-0.2, 0) is 0 Å². The zero-order valence-corrected chi connectivity index (χ0v) is 14.1. The third kappa shape index (κ3) is 3.10. The van der Waals surface area contributed by atoms with Crippen molar-refractivity contribution in [1.82, 2.24) is 0 Å². The van der Waals surface area contributed by atoms with Gasteiger partial charge in [-0.1, -0.05) is 0 Å². The van der Waals surface area contributed by atoms with Crippen LogP contribution in [0, 0.1) is 23.0 Å². The van der Waals surface area contributed by atoms with Gasteiger partial charge in [-0.15, -0.1) is 0 Å². The van der Waals surface area contributed by atoms with Gasteiger partial charge in [-0.05, 0) is 37.1 Å². The van der Waals surface area contributed by atoms with E-state index in [4.69, 9.17) is 14.7 Å². The minimum absolute atomic E-state index is 0.0310. The maximum absolute atomic E-state index is 14.5. The first kappa shape index (κ1) is 17.0. The predicted molar refractivity (Wildman–Crippen MR) is 89.9 cm³/mol. The number of rotatable bonds is 4. The molecule has 1 heterocycles. The van der Waals surface area contributed by atoms with Crippen molar-refractivity contribution in [1.29, 1.82) is 5.26 Å². The Morgan fingerprint density at radius 2 is 1.84 bits per heavy atom. The summed E-state index contributed by atoms with van der Waals surface area (Å²) in [7, 11) is 3.12. The van der Waals surface area contributed by atoms with Crippen LogP contribution >= 0.6 is 0 Å². The summed E-state index contributed by atoms with van der Waals surface area (Å²) >= 11 is 0. The number of ether oxygens (including phenoxy) is 2. The Bertz CT molecular complexity index is 810. The van der Waals surface area contributed by atoms with Crippen molar-refractivity contribution in [3.8, 4) is 17.6 Å². The van der Waals surface area contributed by atoms with Crippen molar-refractivity contribution in [2.75, 3.05) is 25.7 Å². The normalized spacial score (nSPS) is 16.6. The van der Waals surface area contributed by atoms with Gasteiger partial charge in [0.25, 0.3) is 0 Å². The highest BCUT2D eigenvalue weighted by atomic mass is 19.1. The van der Waals surface area contributed by atoms with E-state index in [0.717, 1.165) is 30.5 Å². The molecule has 0 N–H and O–H groups in total. The minimum Gasteiger partial charge on any atom is -0.497 e. The number of benzene rings is 2. The fourth-order valence-electron chi connectivity index (χ4n) is 3.36. The van der Waals surface area contributed by atoms with Gasteiger partial charge in [-0.3, -0.25) is 0 Å². The molecule has 1 aliphatic rings. The van der Waals surface area contributed by atoms with Crippen LogP contribution in [0.3, 0.4) is 0 Å². The number of nitriles is 1. The largest absolute Gasteiger partial charge is 0.497 e. The van der Waals surface area contributed by atoms with Gasteiger partial charge in [0.1, 0.15) is 17.2 Å². The molecule has 0 amide bonds. The molecule has 1 atom stereocenters. The number of anilines is 1. The Morgan fingerprint density at radius 3 is 2.44 bits per heavy atom. The molecule has 6 heteroatoms. The maximum atomic E-state index is 14.5. The number of hydrogen-bond donors (Lipinski definition) is 0. The third-order valence-electron chi connectivity index (χ3n) is 4.49. The molecule has 25 heavy (non-hydrogen) atoms. The van der Waals surface area contributed by atoms with Crippen LogP contribution < -0.4 is 14.4 Å². The van der Waals surface area contributed by atoms with E-state index in [9.17, 15) is 8.78 Å². The zero-order valence-electron chi connectivity index (χ0n) is 14.1. The smallest absolute Gasteiger partial charge is 0.150 e. The van der Waals surface area contributed by atoms with E-state index < -0.39 is 11.6 Å². The lowest BCUT2D eigenvalue weighted by atomic mass is 10.0. The van der Waals surface area contributed by atoms with Gasteiger partial charge in [0.05, 0.1) is 31.9 Å². The number of hydrogen-bond acceptors (Lipinski definition) is 4. The van der Waals surface area contributed by atoms with Crippen LogP contribution in [0.2, 0.25) is 0 Å². The second-order valence-electron chi connectivity index (χ2n) is 5.86. The standard InChI is InChI=1S/C19H18F2N2O2/c1-24-13-5-6-14(18(10-13)25-2)17-4-3-7-23(17)19-15(20)8-12(11-22)9-16(19)21/h5-6,8-10,17H,3-4,7H2,1-2H3. The predicted octanol–water partition coefficient (Wildman–Crippen LogP) is 4.20. The monoisotopic (exact) mass is 344 g/mol. The van der Waals surface area contributed by atoms with Gasteiger partial charge in [0, 0.05) is 18.2 Å². The Labute approximate surface area is 145 Å². The molecule has 1 fully saturated rings. The second kappa shape index (κ2) is 6.98. The summed E-state index contributed by atoms with van der Waals surface area (Å²) in [5.74, 6) is -0.182. The average molecular weight is 344 g/mol. The third-order valence-corrected chi connectivity index (χ3v) is 4.49. The Kier molecular flexibility index (Phi) is 4.75. The molecule has 130 valence electrons. The molecular formula is C19H18F2N2O2. The van der Waals surface area contributed by atoms with Crippen molar-refractivity contribution < 1.29 is 18.3 Å². The number of nitrogens with zero attached hydrogens (tertiary/aromatic N) is 2. The first-order valence-electron chi connectivity index (χ1n) is 7.96. The van der Waals surface area contributed by atoms with Gasteiger partial charge < -0.3 is 14.4 Å². The SMILES string of the molecule is COc1ccc(C2CCCN2c2c(F)cc(C#N)cc2F)c(OC)c1. The highest BCUT2D eigenvalue weighted by Crippen LogP contribution is 2.42.